The third-order valence-corrected chi connectivity index (χ3v) is 15.6. The number of rotatable bonds is 3. The first-order chi connectivity index (χ1) is 13.8. The molecule has 0 aromatic carbocycles. The van der Waals surface area contributed by atoms with Crippen LogP contribution >= 0.6 is 0 Å². The molecule has 0 bridgehead atoms. The van der Waals surface area contributed by atoms with E-state index < -0.39 is 29.2 Å². The summed E-state index contributed by atoms with van der Waals surface area (Å²) in [6.45, 7) is 24.6. The number of ether oxygens (including phenoxy) is 2. The van der Waals surface area contributed by atoms with Crippen LogP contribution in [0.4, 0.5) is 0 Å². The molecular weight excluding hydrogens is 449 g/mol. The Hall–Kier alpha value is -0.506. The Morgan fingerprint density at radius 2 is 1.20 bits per heavy atom. The molecule has 0 aromatic heterocycles. The van der Waals surface area contributed by atoms with Gasteiger partial charge in [0.1, 0.15) is 0 Å². The average molecular weight is 490 g/mol. The molecule has 1 fully saturated rings. The number of carbonyl (C=O) groups is 1. The van der Waals surface area contributed by atoms with Crippen LogP contribution in [0.2, 0.25) is 4.45 Å². The van der Waals surface area contributed by atoms with Gasteiger partial charge in [-0.05, 0) is 12.8 Å². The molecule has 3 nitrogen and oxygen atoms in total. The van der Waals surface area contributed by atoms with Gasteiger partial charge in [-0.15, -0.1) is 0 Å². The fourth-order valence-corrected chi connectivity index (χ4v) is 12.2. The summed E-state index contributed by atoms with van der Waals surface area (Å²) in [5, 5.41) is 0. The van der Waals surface area contributed by atoms with Crippen LogP contribution in [0, 0.1) is 0 Å². The van der Waals surface area contributed by atoms with Gasteiger partial charge in [0.2, 0.25) is 0 Å². The third-order valence-electron chi connectivity index (χ3n) is 8.46. The van der Waals surface area contributed by atoms with Gasteiger partial charge in [-0.2, -0.15) is 0 Å². The maximum absolute atomic E-state index is 10.7. The Labute approximate surface area is 199 Å². The number of hydrogen-bond donors (Lipinski definition) is 0. The molecule has 1 atom stereocenters. The summed E-state index contributed by atoms with van der Waals surface area (Å²) < 4.78 is 10.3. The van der Waals surface area contributed by atoms with E-state index in [0.29, 0.717) is 11.1 Å². The minimum absolute atomic E-state index is 0.243. The Kier molecular flexibility index (Phi) is 8.20. The minimum Gasteiger partial charge on any atom is -0.467 e. The molecule has 0 spiro atoms. The van der Waals surface area contributed by atoms with E-state index in [9.17, 15) is 4.79 Å². The third kappa shape index (κ3) is 4.36. The summed E-state index contributed by atoms with van der Waals surface area (Å²) in [6, 6.07) is 0. The van der Waals surface area contributed by atoms with Crippen LogP contribution in [0.15, 0.2) is 44.6 Å². The van der Waals surface area contributed by atoms with Crippen LogP contribution in [0.3, 0.4) is 0 Å². The molecule has 0 aromatic rings. The van der Waals surface area contributed by atoms with Gasteiger partial charge in [-0.3, -0.25) is 0 Å². The Morgan fingerprint density at radius 1 is 0.833 bits per heavy atom. The summed E-state index contributed by atoms with van der Waals surface area (Å²) in [5.41, 5.74) is 12.8. The number of hydrogen-bond acceptors (Lipinski definition) is 3. The van der Waals surface area contributed by atoms with Crippen LogP contribution < -0.4 is 0 Å². The van der Waals surface area contributed by atoms with Crippen LogP contribution in [0.1, 0.15) is 82.1 Å². The van der Waals surface area contributed by atoms with Crippen molar-refractivity contribution in [2.24, 2.45) is 0 Å². The molecule has 1 saturated heterocycles. The molecule has 1 aliphatic heterocycles. The normalized spacial score (nSPS) is 25.0. The topological polar surface area (TPSA) is 35.5 Å². The molecular formula is C26H40O3Y. The van der Waals surface area contributed by atoms with Gasteiger partial charge in [0.05, 0.1) is 7.11 Å². The Balaban J connectivity index is 0.000000297. The molecule has 1 heterocycles. The number of esters is 1. The van der Waals surface area contributed by atoms with E-state index in [2.05, 4.69) is 74.0 Å². The predicted molar refractivity (Wildman–Crippen MR) is 121 cm³/mol. The quantitative estimate of drug-likeness (QED) is 0.396. The van der Waals surface area contributed by atoms with Gasteiger partial charge in [-0.25, -0.2) is 4.79 Å². The minimum atomic E-state index is -0.955. The number of methoxy groups -OCH3 is 1. The van der Waals surface area contributed by atoms with Crippen molar-refractivity contribution in [1.82, 2.24) is 0 Å². The summed E-state index contributed by atoms with van der Waals surface area (Å²) >= 11 is -0.955. The largest absolute Gasteiger partial charge is 0.467 e. The van der Waals surface area contributed by atoms with E-state index in [0.717, 1.165) is 12.8 Å². The van der Waals surface area contributed by atoms with Crippen molar-refractivity contribution in [2.45, 2.75) is 92.6 Å². The first kappa shape index (κ1) is 25.8. The van der Waals surface area contributed by atoms with Gasteiger partial charge >= 0.3 is 153 Å². The monoisotopic (exact) mass is 489 g/mol. The van der Waals surface area contributed by atoms with Gasteiger partial charge < -0.3 is 9.47 Å². The second-order valence-electron chi connectivity index (χ2n) is 9.57. The first-order valence-electron chi connectivity index (χ1n) is 11.1. The maximum Gasteiger partial charge on any atom is 0.334 e. The zero-order valence-electron chi connectivity index (χ0n) is 21.0. The van der Waals surface area contributed by atoms with Crippen molar-refractivity contribution in [3.8, 4) is 0 Å². The molecule has 0 saturated carbocycles. The van der Waals surface area contributed by atoms with Crippen molar-refractivity contribution in [3.63, 3.8) is 0 Å². The fourth-order valence-electron chi connectivity index (χ4n) is 5.15. The molecule has 165 valence electrons. The van der Waals surface area contributed by atoms with E-state index in [4.69, 9.17) is 4.74 Å². The smallest absolute Gasteiger partial charge is 0.334 e. The predicted octanol–water partition coefficient (Wildman–Crippen LogP) is 7.14. The van der Waals surface area contributed by atoms with E-state index in [1.807, 2.05) is 0 Å². The van der Waals surface area contributed by atoms with Crippen LogP contribution in [0.25, 0.3) is 0 Å². The molecule has 0 amide bonds. The number of allylic oxidation sites excluding steroid dienone is 8. The molecule has 2 aliphatic carbocycles. The van der Waals surface area contributed by atoms with E-state index in [1.165, 1.54) is 7.11 Å². The molecule has 30 heavy (non-hydrogen) atoms. The SMILES string of the molecule is CC1=C(C)[C](C)([Y][C]2(C)C(C)=C(C)C(C)=C2C)C(C)=C1C.COC(=O)C1CCCO1. The van der Waals surface area contributed by atoms with E-state index in [1.54, 1.807) is 44.6 Å². The molecule has 4 heteroatoms. The van der Waals surface area contributed by atoms with Crippen LogP contribution in [-0.2, 0) is 43.5 Å². The van der Waals surface area contributed by atoms with Gasteiger partial charge in [0.25, 0.3) is 0 Å². The van der Waals surface area contributed by atoms with Crippen molar-refractivity contribution < 1.29 is 43.5 Å². The van der Waals surface area contributed by atoms with Gasteiger partial charge in [0, 0.05) is 6.61 Å². The van der Waals surface area contributed by atoms with Crippen molar-refractivity contribution >= 4 is 5.97 Å². The molecule has 3 rings (SSSR count). The van der Waals surface area contributed by atoms with E-state index in [-0.39, 0.29) is 12.1 Å². The standard InChI is InChI=1S/2C10H15.C6H10O3.Y/c2*1-6-7(2)9(4)10(5)8(6)3;1-8-6(7)5-3-2-4-9-5;/h2*1-5H3;5H,2-4H2,1H3;. The van der Waals surface area contributed by atoms with Crippen LogP contribution in [-0.4, -0.2) is 25.8 Å². The summed E-state index contributed by atoms with van der Waals surface area (Å²) in [6.07, 6.45) is 1.50. The zero-order valence-corrected chi connectivity index (χ0v) is 23.8. The second-order valence-corrected chi connectivity index (χ2v) is 16.0. The van der Waals surface area contributed by atoms with Crippen LogP contribution in [0.5, 0.6) is 0 Å². The molecule has 3 aliphatic rings. The van der Waals surface area contributed by atoms with Crippen molar-refractivity contribution in [1.29, 1.82) is 0 Å². The molecule has 1 unspecified atom stereocenters. The van der Waals surface area contributed by atoms with Gasteiger partial charge in [0.15, 0.2) is 6.10 Å². The van der Waals surface area contributed by atoms with Crippen molar-refractivity contribution in [2.75, 3.05) is 13.7 Å². The number of carbonyl (C=O) groups excluding carboxylic acids is 1. The Morgan fingerprint density at radius 3 is 1.47 bits per heavy atom. The summed E-state index contributed by atoms with van der Waals surface area (Å²) in [4.78, 5) is 10.7. The zero-order chi connectivity index (χ0) is 23.0. The summed E-state index contributed by atoms with van der Waals surface area (Å²) in [7, 11) is 1.38. The maximum atomic E-state index is 10.7. The van der Waals surface area contributed by atoms with Gasteiger partial charge in [-0.1, -0.05) is 0 Å². The average Bonchev–Trinajstić information content (AvgIpc) is 3.35. The Bertz CT molecular complexity index is 744. The summed E-state index contributed by atoms with van der Waals surface area (Å²) in [5.74, 6) is -0.243. The molecule has 0 N–H and O–H groups in total. The van der Waals surface area contributed by atoms with E-state index >= 15 is 0 Å². The second kappa shape index (κ2) is 9.55. The first-order valence-corrected chi connectivity index (χ1v) is 14.0. The fraction of sp³-hybridized carbons (Fsp3) is 0.654. The molecule has 0 radical (unpaired) electrons. The van der Waals surface area contributed by atoms with Crippen molar-refractivity contribution in [3.05, 3.63) is 44.6 Å².